The summed E-state index contributed by atoms with van der Waals surface area (Å²) in [4.78, 5) is 13.6. The molecule has 2 atom stereocenters. The van der Waals surface area contributed by atoms with Crippen molar-refractivity contribution in [3.63, 3.8) is 0 Å². The van der Waals surface area contributed by atoms with Gasteiger partial charge in [0, 0.05) is 6.04 Å². The van der Waals surface area contributed by atoms with E-state index in [1.807, 2.05) is 0 Å². The maximum atomic E-state index is 11.4. The van der Waals surface area contributed by atoms with Crippen LogP contribution < -0.4 is 0 Å². The van der Waals surface area contributed by atoms with Gasteiger partial charge in [0.2, 0.25) is 0 Å². The van der Waals surface area contributed by atoms with Crippen LogP contribution >= 0.6 is 0 Å². The molecule has 0 aromatic carbocycles. The lowest BCUT2D eigenvalue weighted by molar-refractivity contribution is -0.154. The zero-order valence-corrected chi connectivity index (χ0v) is 7.86. The Morgan fingerprint density at radius 1 is 1.54 bits per heavy atom. The Balaban J connectivity index is 2.05. The van der Waals surface area contributed by atoms with Crippen LogP contribution in [0.15, 0.2) is 0 Å². The minimum Gasteiger partial charge on any atom is -0.468 e. The number of nitrogens with zero attached hydrogens (tertiary/aromatic N) is 1. The van der Waals surface area contributed by atoms with E-state index in [1.165, 1.54) is 13.5 Å². The highest BCUT2D eigenvalue weighted by Crippen LogP contribution is 2.24. The predicted octanol–water partition coefficient (Wildman–Crippen LogP) is 0.0226. The molecule has 2 rings (SSSR count). The molecule has 74 valence electrons. The molecule has 2 unspecified atom stereocenters. The van der Waals surface area contributed by atoms with Crippen LogP contribution in [0, 0.1) is 0 Å². The summed E-state index contributed by atoms with van der Waals surface area (Å²) >= 11 is 0. The van der Waals surface area contributed by atoms with E-state index in [9.17, 15) is 4.79 Å². The molecule has 0 spiro atoms. The summed E-state index contributed by atoms with van der Waals surface area (Å²) in [6.45, 7) is 2.27. The molecule has 2 saturated heterocycles. The lowest BCUT2D eigenvalue weighted by Gasteiger charge is -2.35. The number of methoxy groups -OCH3 is 1. The van der Waals surface area contributed by atoms with Gasteiger partial charge in [0.05, 0.1) is 20.3 Å². The molecule has 0 aliphatic carbocycles. The number of ether oxygens (including phenoxy) is 2. The smallest absolute Gasteiger partial charge is 0.325 e. The Morgan fingerprint density at radius 3 is 3.15 bits per heavy atom. The lowest BCUT2D eigenvalue weighted by Crippen LogP contribution is -2.52. The minimum atomic E-state index is -0.161. The third-order valence-electron chi connectivity index (χ3n) is 2.88. The third kappa shape index (κ3) is 1.56. The molecule has 0 aromatic rings. The summed E-state index contributed by atoms with van der Waals surface area (Å²) in [5.74, 6) is -0.161. The fraction of sp³-hybridized carbons (Fsp3) is 0.889. The van der Waals surface area contributed by atoms with Crippen molar-refractivity contribution in [1.82, 2.24) is 4.90 Å². The van der Waals surface area contributed by atoms with Gasteiger partial charge in [-0.05, 0) is 19.4 Å². The molecule has 0 N–H and O–H groups in total. The molecule has 2 aliphatic rings. The average Bonchev–Trinajstić information content (AvgIpc) is 2.63. The van der Waals surface area contributed by atoms with E-state index in [0.717, 1.165) is 19.6 Å². The van der Waals surface area contributed by atoms with E-state index in [4.69, 9.17) is 9.47 Å². The summed E-state index contributed by atoms with van der Waals surface area (Å²) in [7, 11) is 1.43. The Morgan fingerprint density at radius 2 is 2.38 bits per heavy atom. The van der Waals surface area contributed by atoms with Crippen molar-refractivity contribution in [2.45, 2.75) is 24.9 Å². The van der Waals surface area contributed by atoms with Crippen molar-refractivity contribution < 1.29 is 14.3 Å². The van der Waals surface area contributed by atoms with Gasteiger partial charge in [0.15, 0.2) is 0 Å². The first kappa shape index (κ1) is 8.97. The molecule has 2 heterocycles. The molecule has 0 aromatic heterocycles. The van der Waals surface area contributed by atoms with Crippen LogP contribution in [0.4, 0.5) is 0 Å². The highest BCUT2D eigenvalue weighted by molar-refractivity contribution is 5.76. The molecular formula is C9H15NO3. The van der Waals surface area contributed by atoms with Gasteiger partial charge in [-0.15, -0.1) is 0 Å². The maximum Gasteiger partial charge on any atom is 0.325 e. The van der Waals surface area contributed by atoms with Crippen molar-refractivity contribution in [1.29, 1.82) is 0 Å². The highest BCUT2D eigenvalue weighted by Gasteiger charge is 2.38. The second-order valence-electron chi connectivity index (χ2n) is 3.61. The van der Waals surface area contributed by atoms with Crippen LogP contribution in [-0.4, -0.2) is 49.8 Å². The number of hydrogen-bond donors (Lipinski definition) is 0. The lowest BCUT2D eigenvalue weighted by atomic mass is 10.1. The number of carbonyl (C=O) groups excluding carboxylic acids is 1. The quantitative estimate of drug-likeness (QED) is 0.540. The molecule has 13 heavy (non-hydrogen) atoms. The average molecular weight is 185 g/mol. The van der Waals surface area contributed by atoms with E-state index in [0.29, 0.717) is 12.6 Å². The van der Waals surface area contributed by atoms with Crippen LogP contribution in [0.25, 0.3) is 0 Å². The van der Waals surface area contributed by atoms with Gasteiger partial charge in [-0.1, -0.05) is 0 Å². The van der Waals surface area contributed by atoms with Crippen LogP contribution in [0.3, 0.4) is 0 Å². The molecule has 4 nitrogen and oxygen atoms in total. The normalized spacial score (nSPS) is 34.2. The topological polar surface area (TPSA) is 38.8 Å². The number of morpholine rings is 1. The standard InChI is InChI=1S/C9H15NO3/c1-12-9(11)8-6-13-5-7-3-2-4-10(7)8/h7-8H,2-6H2,1H3. The first-order valence-corrected chi connectivity index (χ1v) is 4.74. The van der Waals surface area contributed by atoms with Crippen molar-refractivity contribution in [2.75, 3.05) is 26.9 Å². The zero-order chi connectivity index (χ0) is 9.26. The van der Waals surface area contributed by atoms with Crippen LogP contribution in [-0.2, 0) is 14.3 Å². The van der Waals surface area contributed by atoms with Crippen molar-refractivity contribution >= 4 is 5.97 Å². The van der Waals surface area contributed by atoms with E-state index in [1.54, 1.807) is 0 Å². The van der Waals surface area contributed by atoms with Gasteiger partial charge in [-0.2, -0.15) is 0 Å². The Labute approximate surface area is 77.8 Å². The van der Waals surface area contributed by atoms with E-state index in [-0.39, 0.29) is 12.0 Å². The van der Waals surface area contributed by atoms with E-state index in [2.05, 4.69) is 4.90 Å². The fourth-order valence-corrected chi connectivity index (χ4v) is 2.20. The van der Waals surface area contributed by atoms with Gasteiger partial charge < -0.3 is 9.47 Å². The minimum absolute atomic E-state index is 0.161. The second kappa shape index (κ2) is 3.64. The summed E-state index contributed by atoms with van der Waals surface area (Å²) < 4.78 is 10.1. The SMILES string of the molecule is COC(=O)C1COCC2CCCN21. The third-order valence-corrected chi connectivity index (χ3v) is 2.88. The Bertz CT molecular complexity index is 207. The molecule has 0 radical (unpaired) electrons. The Kier molecular flexibility index (Phi) is 2.51. The molecular weight excluding hydrogens is 170 g/mol. The highest BCUT2D eigenvalue weighted by atomic mass is 16.5. The largest absolute Gasteiger partial charge is 0.468 e. The van der Waals surface area contributed by atoms with Crippen molar-refractivity contribution in [3.8, 4) is 0 Å². The monoisotopic (exact) mass is 185 g/mol. The summed E-state index contributed by atoms with van der Waals surface area (Å²) in [6.07, 6.45) is 2.31. The van der Waals surface area contributed by atoms with Gasteiger partial charge >= 0.3 is 5.97 Å². The second-order valence-corrected chi connectivity index (χ2v) is 3.61. The number of fused-ring (bicyclic) bond motifs is 1. The van der Waals surface area contributed by atoms with E-state index < -0.39 is 0 Å². The molecule has 4 heteroatoms. The summed E-state index contributed by atoms with van der Waals surface area (Å²) in [6, 6.07) is 0.282. The molecule has 0 amide bonds. The molecule has 2 aliphatic heterocycles. The van der Waals surface area contributed by atoms with Gasteiger partial charge in [0.25, 0.3) is 0 Å². The number of carbonyl (C=O) groups is 1. The summed E-state index contributed by atoms with van der Waals surface area (Å²) in [5, 5.41) is 0. The van der Waals surface area contributed by atoms with Crippen molar-refractivity contribution in [3.05, 3.63) is 0 Å². The van der Waals surface area contributed by atoms with Crippen LogP contribution in [0.5, 0.6) is 0 Å². The molecule has 0 saturated carbocycles. The fourth-order valence-electron chi connectivity index (χ4n) is 2.20. The summed E-state index contributed by atoms with van der Waals surface area (Å²) in [5.41, 5.74) is 0. The van der Waals surface area contributed by atoms with Crippen molar-refractivity contribution in [2.24, 2.45) is 0 Å². The zero-order valence-electron chi connectivity index (χ0n) is 7.86. The van der Waals surface area contributed by atoms with Gasteiger partial charge in [-0.3, -0.25) is 9.69 Å². The first-order valence-electron chi connectivity index (χ1n) is 4.74. The molecule has 2 fully saturated rings. The first-order chi connectivity index (χ1) is 6.33. The van der Waals surface area contributed by atoms with Crippen LogP contribution in [0.1, 0.15) is 12.8 Å². The predicted molar refractivity (Wildman–Crippen MR) is 46.4 cm³/mol. The maximum absolute atomic E-state index is 11.4. The van der Waals surface area contributed by atoms with Crippen LogP contribution in [0.2, 0.25) is 0 Å². The van der Waals surface area contributed by atoms with E-state index >= 15 is 0 Å². The number of esters is 1. The Hall–Kier alpha value is -0.610. The van der Waals surface area contributed by atoms with Gasteiger partial charge in [-0.25, -0.2) is 0 Å². The number of hydrogen-bond acceptors (Lipinski definition) is 4. The number of rotatable bonds is 1. The van der Waals surface area contributed by atoms with Gasteiger partial charge in [0.1, 0.15) is 6.04 Å². The molecule has 0 bridgehead atoms.